The van der Waals surface area contributed by atoms with E-state index in [1.807, 2.05) is 12.1 Å². The van der Waals surface area contributed by atoms with E-state index in [2.05, 4.69) is 5.32 Å². The molecule has 2 rings (SSSR count). The number of nitrogens with one attached hydrogen (secondary N) is 1. The predicted molar refractivity (Wildman–Crippen MR) is 108 cm³/mol. The van der Waals surface area contributed by atoms with Gasteiger partial charge in [-0.3, -0.25) is 4.79 Å². The summed E-state index contributed by atoms with van der Waals surface area (Å²) in [5.41, 5.74) is 6.69. The molecule has 0 saturated heterocycles. The molecule has 0 heterocycles. The van der Waals surface area contributed by atoms with Gasteiger partial charge in [-0.15, -0.1) is 0 Å². The Balaban J connectivity index is 1.99. The van der Waals surface area contributed by atoms with E-state index in [9.17, 15) is 18.0 Å². The maximum Gasteiger partial charge on any atom is 0.328 e. The topological polar surface area (TPSA) is 116 Å². The van der Waals surface area contributed by atoms with E-state index in [-0.39, 0.29) is 11.7 Å². The third-order valence-electron chi connectivity index (χ3n) is 5.42. The zero-order valence-electron chi connectivity index (χ0n) is 16.6. The molecule has 1 fully saturated rings. The SMILES string of the molecule is COC(=O)C(Cc1ccc(N)cc1)NC(=O)C1(CCCCS(C)(=O)=O)CCC1. The predicted octanol–water partition coefficient (Wildman–Crippen LogP) is 1.85. The number of carbonyl (C=O) groups excluding carboxylic acids is 2. The van der Waals surface area contributed by atoms with E-state index in [0.717, 1.165) is 24.8 Å². The number of methoxy groups -OCH3 is 1. The van der Waals surface area contributed by atoms with Crippen molar-refractivity contribution in [3.8, 4) is 0 Å². The number of nitrogens with two attached hydrogens (primary N) is 1. The summed E-state index contributed by atoms with van der Waals surface area (Å²) < 4.78 is 27.4. The standard InChI is InChI=1S/C20H30N2O5S/c1-27-18(23)17(14-15-6-8-16(21)9-7-15)22-19(24)20(11-5-12-20)10-3-4-13-28(2,25)26/h6-9,17H,3-5,10-14,21H2,1-2H3,(H,22,24). The lowest BCUT2D eigenvalue weighted by Gasteiger charge is -2.41. The quantitative estimate of drug-likeness (QED) is 0.345. The zero-order valence-corrected chi connectivity index (χ0v) is 17.4. The van der Waals surface area contributed by atoms with Crippen molar-refractivity contribution < 1.29 is 22.7 Å². The third kappa shape index (κ3) is 6.22. The Labute approximate surface area is 166 Å². The molecule has 3 N–H and O–H groups in total. The molecule has 1 aromatic rings. The fraction of sp³-hybridized carbons (Fsp3) is 0.600. The van der Waals surface area contributed by atoms with Crippen molar-refractivity contribution >= 4 is 27.4 Å². The normalized spacial score (nSPS) is 16.6. The molecule has 1 aliphatic rings. The fourth-order valence-electron chi connectivity index (χ4n) is 3.56. The van der Waals surface area contributed by atoms with Gasteiger partial charge in [0.15, 0.2) is 0 Å². The van der Waals surface area contributed by atoms with Crippen LogP contribution in [-0.2, 0) is 30.6 Å². The highest BCUT2D eigenvalue weighted by atomic mass is 32.2. The first-order valence-electron chi connectivity index (χ1n) is 9.56. The van der Waals surface area contributed by atoms with Gasteiger partial charge in [0.05, 0.1) is 7.11 Å². The maximum absolute atomic E-state index is 13.0. The van der Waals surface area contributed by atoms with Gasteiger partial charge in [0.1, 0.15) is 15.9 Å². The Hall–Kier alpha value is -2.09. The van der Waals surface area contributed by atoms with Gasteiger partial charge < -0.3 is 15.8 Å². The van der Waals surface area contributed by atoms with Crippen LogP contribution in [0.25, 0.3) is 0 Å². The minimum absolute atomic E-state index is 0.132. The Morgan fingerprint density at radius 2 is 1.86 bits per heavy atom. The van der Waals surface area contributed by atoms with Crippen LogP contribution in [0.3, 0.4) is 0 Å². The number of hydrogen-bond acceptors (Lipinski definition) is 6. The lowest BCUT2D eigenvalue weighted by molar-refractivity contribution is -0.148. The third-order valence-corrected chi connectivity index (χ3v) is 6.45. The number of sulfone groups is 1. The first kappa shape index (κ1) is 22.2. The fourth-order valence-corrected chi connectivity index (χ4v) is 4.29. The summed E-state index contributed by atoms with van der Waals surface area (Å²) in [6.45, 7) is 0. The lowest BCUT2D eigenvalue weighted by atomic mass is 9.65. The number of unbranched alkanes of at least 4 members (excludes halogenated alkanes) is 1. The van der Waals surface area contributed by atoms with Gasteiger partial charge >= 0.3 is 5.97 Å². The van der Waals surface area contributed by atoms with Gasteiger partial charge in [0.25, 0.3) is 0 Å². The van der Waals surface area contributed by atoms with E-state index in [0.29, 0.717) is 31.4 Å². The van der Waals surface area contributed by atoms with Crippen molar-refractivity contribution in [3.63, 3.8) is 0 Å². The zero-order chi connectivity index (χ0) is 20.8. The second kappa shape index (κ2) is 9.41. The Bertz CT molecular complexity index is 785. The van der Waals surface area contributed by atoms with Crippen LogP contribution in [-0.4, -0.2) is 45.5 Å². The van der Waals surface area contributed by atoms with E-state index in [4.69, 9.17) is 10.5 Å². The van der Waals surface area contributed by atoms with E-state index in [1.165, 1.54) is 13.4 Å². The van der Waals surface area contributed by atoms with Crippen molar-refractivity contribution in [2.24, 2.45) is 5.41 Å². The number of ether oxygens (including phenoxy) is 1. The van der Waals surface area contributed by atoms with E-state index in [1.54, 1.807) is 12.1 Å². The Kier molecular flexibility index (Phi) is 7.46. The average Bonchev–Trinajstić information content (AvgIpc) is 2.59. The molecule has 1 atom stereocenters. The molecule has 1 amide bonds. The number of nitrogen functional groups attached to an aromatic ring is 1. The summed E-state index contributed by atoms with van der Waals surface area (Å²) >= 11 is 0. The minimum atomic E-state index is -2.99. The first-order chi connectivity index (χ1) is 13.1. The van der Waals surface area contributed by atoms with Gasteiger partial charge in [0.2, 0.25) is 5.91 Å². The highest BCUT2D eigenvalue weighted by molar-refractivity contribution is 7.90. The molecule has 8 heteroatoms. The number of anilines is 1. The average molecular weight is 411 g/mol. The molecule has 0 radical (unpaired) electrons. The summed E-state index contributed by atoms with van der Waals surface area (Å²) in [6, 6.07) is 6.37. The second-order valence-electron chi connectivity index (χ2n) is 7.72. The van der Waals surface area contributed by atoms with E-state index < -0.39 is 27.3 Å². The van der Waals surface area contributed by atoms with Crippen LogP contribution in [0.2, 0.25) is 0 Å². The molecule has 156 valence electrons. The summed E-state index contributed by atoms with van der Waals surface area (Å²) in [5.74, 6) is -0.507. The van der Waals surface area contributed by atoms with E-state index >= 15 is 0 Å². The molecule has 1 saturated carbocycles. The van der Waals surface area contributed by atoms with Crippen LogP contribution in [0.1, 0.15) is 44.1 Å². The molecular formula is C20H30N2O5S. The molecule has 0 spiro atoms. The van der Waals surface area contributed by atoms with Crippen molar-refractivity contribution in [1.82, 2.24) is 5.32 Å². The van der Waals surface area contributed by atoms with Crippen LogP contribution in [0.5, 0.6) is 0 Å². The van der Waals surface area contributed by atoms with Crippen LogP contribution in [0.15, 0.2) is 24.3 Å². The molecule has 0 bridgehead atoms. The van der Waals surface area contributed by atoms with Crippen molar-refractivity contribution in [2.75, 3.05) is 24.9 Å². The summed E-state index contributed by atoms with van der Waals surface area (Å²) in [6.07, 6.45) is 5.85. The second-order valence-corrected chi connectivity index (χ2v) is 9.98. The van der Waals surface area contributed by atoms with Gasteiger partial charge in [0, 0.05) is 29.5 Å². The van der Waals surface area contributed by atoms with Gasteiger partial charge in [-0.05, 0) is 43.4 Å². The number of carbonyl (C=O) groups is 2. The molecule has 0 aliphatic heterocycles. The minimum Gasteiger partial charge on any atom is -0.467 e. The monoisotopic (exact) mass is 410 g/mol. The summed E-state index contributed by atoms with van der Waals surface area (Å²) in [4.78, 5) is 25.2. The number of rotatable bonds is 10. The molecule has 28 heavy (non-hydrogen) atoms. The molecule has 7 nitrogen and oxygen atoms in total. The smallest absolute Gasteiger partial charge is 0.328 e. The van der Waals surface area contributed by atoms with Gasteiger partial charge in [-0.1, -0.05) is 25.0 Å². The van der Waals surface area contributed by atoms with Crippen LogP contribution in [0.4, 0.5) is 5.69 Å². The molecule has 1 aromatic carbocycles. The molecule has 0 aromatic heterocycles. The van der Waals surface area contributed by atoms with Crippen molar-refractivity contribution in [2.45, 2.75) is 51.0 Å². The highest BCUT2D eigenvalue weighted by Gasteiger charge is 2.44. The molecular weight excluding hydrogens is 380 g/mol. The van der Waals surface area contributed by atoms with Crippen molar-refractivity contribution in [1.29, 1.82) is 0 Å². The Morgan fingerprint density at radius 1 is 1.21 bits per heavy atom. The van der Waals surface area contributed by atoms with Crippen LogP contribution >= 0.6 is 0 Å². The van der Waals surface area contributed by atoms with Crippen LogP contribution in [0, 0.1) is 5.41 Å². The molecule has 1 aliphatic carbocycles. The number of esters is 1. The lowest BCUT2D eigenvalue weighted by Crippen LogP contribution is -2.52. The number of benzene rings is 1. The highest BCUT2D eigenvalue weighted by Crippen LogP contribution is 2.45. The maximum atomic E-state index is 13.0. The molecule has 1 unspecified atom stereocenters. The number of hydrogen-bond donors (Lipinski definition) is 2. The van der Waals surface area contributed by atoms with Crippen LogP contribution < -0.4 is 11.1 Å². The summed E-state index contributed by atoms with van der Waals surface area (Å²) in [5, 5.41) is 2.87. The first-order valence-corrected chi connectivity index (χ1v) is 11.6. The Morgan fingerprint density at radius 3 is 2.36 bits per heavy atom. The van der Waals surface area contributed by atoms with Gasteiger partial charge in [-0.2, -0.15) is 0 Å². The van der Waals surface area contributed by atoms with Crippen molar-refractivity contribution in [3.05, 3.63) is 29.8 Å². The number of amides is 1. The largest absolute Gasteiger partial charge is 0.467 e. The summed E-state index contributed by atoms with van der Waals surface area (Å²) in [7, 11) is -1.69. The van der Waals surface area contributed by atoms with Gasteiger partial charge in [-0.25, -0.2) is 13.2 Å².